The number of hydrogen-bond donors (Lipinski definition) is 1. The van der Waals surface area contributed by atoms with E-state index in [0.717, 1.165) is 15.6 Å². The van der Waals surface area contributed by atoms with Crippen molar-refractivity contribution in [1.82, 2.24) is 4.98 Å². The normalized spacial score (nSPS) is 10.9. The van der Waals surface area contributed by atoms with Crippen LogP contribution in [0.25, 0.3) is 31.1 Å². The fourth-order valence-electron chi connectivity index (χ4n) is 2.40. The molecule has 0 spiro atoms. The van der Waals surface area contributed by atoms with Gasteiger partial charge in [-0.25, -0.2) is 0 Å². The van der Waals surface area contributed by atoms with Gasteiger partial charge in [-0.3, -0.25) is 4.79 Å². The number of H-pyrrole nitrogens is 1. The molecule has 0 amide bonds. The number of nitrogens with one attached hydrogen (secondary N) is 1. The zero-order chi connectivity index (χ0) is 12.1. The van der Waals surface area contributed by atoms with Crippen LogP contribution in [0.5, 0.6) is 0 Å². The second-order valence-corrected chi connectivity index (χ2v) is 5.38. The molecule has 0 aliphatic heterocycles. The van der Waals surface area contributed by atoms with Gasteiger partial charge in [-0.15, -0.1) is 11.3 Å². The van der Waals surface area contributed by atoms with Crippen LogP contribution in [0, 0.1) is 40.4 Å². The number of benzene rings is 2. The van der Waals surface area contributed by atoms with Crippen LogP contribution in [0.15, 0.2) is 53.3 Å². The van der Waals surface area contributed by atoms with Gasteiger partial charge in [0.25, 0.3) is 0 Å². The van der Waals surface area contributed by atoms with Crippen LogP contribution in [-0.2, 0) is 0 Å². The van der Waals surface area contributed by atoms with Crippen LogP contribution in [-0.4, -0.2) is 4.98 Å². The molecule has 89 valence electrons. The predicted molar refractivity (Wildman–Crippen MR) is 77.5 cm³/mol. The van der Waals surface area contributed by atoms with Gasteiger partial charge >= 0.3 is 40.4 Å². The predicted octanol–water partition coefficient (Wildman–Crippen LogP) is 3.90. The molecule has 0 fully saturated rings. The summed E-state index contributed by atoms with van der Waals surface area (Å²) < 4.78 is 2.41. The first-order valence-corrected chi connectivity index (χ1v) is 6.58. The van der Waals surface area contributed by atoms with Gasteiger partial charge in [0.2, 0.25) is 5.56 Å². The molecule has 2 aromatic heterocycles. The summed E-state index contributed by atoms with van der Waals surface area (Å²) in [7, 11) is 0. The molecule has 0 bridgehead atoms. The van der Waals surface area contributed by atoms with E-state index < -0.39 is 0 Å². The maximum absolute atomic E-state index is 11.5. The Balaban J connectivity index is 0.00000110. The molecule has 0 aliphatic carbocycles. The van der Waals surface area contributed by atoms with Gasteiger partial charge in [0.05, 0.1) is 10.2 Å². The minimum absolute atomic E-state index is 0. The molecule has 0 saturated carbocycles. The quantitative estimate of drug-likeness (QED) is 0.476. The number of fused-ring (bicyclic) bond motifs is 5. The van der Waals surface area contributed by atoms with E-state index in [4.69, 9.17) is 0 Å². The second-order valence-electron chi connectivity index (χ2n) is 4.33. The Morgan fingerprint density at radius 3 is 2.58 bits per heavy atom. The van der Waals surface area contributed by atoms with Gasteiger partial charge in [0.1, 0.15) is 0 Å². The molecule has 4 heteroatoms. The van der Waals surface area contributed by atoms with Gasteiger partial charge in [-0.2, -0.15) is 0 Å². The Morgan fingerprint density at radius 1 is 0.895 bits per heavy atom. The Morgan fingerprint density at radius 2 is 1.68 bits per heavy atom. The first-order chi connectivity index (χ1) is 8.83. The van der Waals surface area contributed by atoms with Crippen LogP contribution in [0.2, 0.25) is 0 Å². The largest absolute Gasteiger partial charge is 3.00 e. The number of pyridine rings is 1. The van der Waals surface area contributed by atoms with Crippen molar-refractivity contribution < 1.29 is 40.4 Å². The van der Waals surface area contributed by atoms with Crippen molar-refractivity contribution in [3.8, 4) is 0 Å². The third kappa shape index (κ3) is 2.04. The Labute approximate surface area is 145 Å². The second kappa shape index (κ2) is 4.95. The molecule has 0 unspecified atom stereocenters. The van der Waals surface area contributed by atoms with Gasteiger partial charge in [-0.1, -0.05) is 30.3 Å². The molecule has 4 aromatic rings. The molecule has 0 aliphatic rings. The van der Waals surface area contributed by atoms with E-state index in [9.17, 15) is 4.79 Å². The summed E-state index contributed by atoms with van der Waals surface area (Å²) in [5.74, 6) is 0. The topological polar surface area (TPSA) is 32.9 Å². The van der Waals surface area contributed by atoms with Gasteiger partial charge < -0.3 is 4.98 Å². The summed E-state index contributed by atoms with van der Waals surface area (Å²) in [6.07, 6.45) is 0. The van der Waals surface area contributed by atoms with Crippen molar-refractivity contribution in [2.75, 3.05) is 0 Å². The number of rotatable bonds is 0. The summed E-state index contributed by atoms with van der Waals surface area (Å²) in [4.78, 5) is 14.4. The molecule has 1 radical (unpaired) electrons. The van der Waals surface area contributed by atoms with E-state index in [0.29, 0.717) is 0 Å². The average Bonchev–Trinajstić information content (AvgIpc) is 2.78. The van der Waals surface area contributed by atoms with Crippen LogP contribution in [0.4, 0.5) is 0 Å². The first kappa shape index (κ1) is 13.2. The first-order valence-electron chi connectivity index (χ1n) is 5.76. The molecule has 19 heavy (non-hydrogen) atoms. The molecular formula is C15H9NOSSm+3. The van der Waals surface area contributed by atoms with Crippen LogP contribution >= 0.6 is 11.3 Å². The molecule has 0 saturated heterocycles. The minimum atomic E-state index is -0.0487. The maximum atomic E-state index is 11.5. The summed E-state index contributed by atoms with van der Waals surface area (Å²) in [6, 6.07) is 16.0. The number of aromatic amines is 1. The zero-order valence-electron chi connectivity index (χ0n) is 9.84. The van der Waals surface area contributed by atoms with Gasteiger partial charge in [0, 0.05) is 21.5 Å². The third-order valence-corrected chi connectivity index (χ3v) is 4.45. The maximum Gasteiger partial charge on any atom is 3.00 e. The van der Waals surface area contributed by atoms with E-state index in [-0.39, 0.29) is 45.9 Å². The van der Waals surface area contributed by atoms with Crippen molar-refractivity contribution in [1.29, 1.82) is 0 Å². The van der Waals surface area contributed by atoms with Crippen LogP contribution < -0.4 is 5.56 Å². The summed E-state index contributed by atoms with van der Waals surface area (Å²) >= 11 is 1.73. The fourth-order valence-corrected chi connectivity index (χ4v) is 3.62. The molecular weight excluding hydrogens is 393 g/mol. The third-order valence-electron chi connectivity index (χ3n) is 3.24. The molecule has 4 rings (SSSR count). The smallest absolute Gasteiger partial charge is 0.321 e. The average molecular weight is 402 g/mol. The Bertz CT molecular complexity index is 954. The molecule has 2 aromatic carbocycles. The van der Waals surface area contributed by atoms with Crippen molar-refractivity contribution in [3.63, 3.8) is 0 Å². The van der Waals surface area contributed by atoms with E-state index in [1.54, 1.807) is 17.4 Å². The van der Waals surface area contributed by atoms with Crippen molar-refractivity contribution in [2.45, 2.75) is 0 Å². The summed E-state index contributed by atoms with van der Waals surface area (Å²) in [5.41, 5.74) is 0.897. The molecule has 1 N–H and O–H groups in total. The SMILES string of the molecule is O=c1ccc2ccc3c4ccccc4sc3c2[nH]1.[Sm+3]. The zero-order valence-corrected chi connectivity index (χ0v) is 13.3. The summed E-state index contributed by atoms with van der Waals surface area (Å²) in [5, 5.41) is 3.54. The molecule has 2 heterocycles. The van der Waals surface area contributed by atoms with Crippen LogP contribution in [0.1, 0.15) is 0 Å². The number of hydrogen-bond acceptors (Lipinski definition) is 2. The fraction of sp³-hybridized carbons (Fsp3) is 0. The van der Waals surface area contributed by atoms with E-state index in [1.165, 1.54) is 15.5 Å². The number of aromatic nitrogens is 1. The monoisotopic (exact) mass is 403 g/mol. The van der Waals surface area contributed by atoms with E-state index in [1.807, 2.05) is 18.2 Å². The minimum Gasteiger partial charge on any atom is -0.321 e. The standard InChI is InChI=1S/C15H9NOS.Sm/c17-13-8-6-9-5-7-11-10-3-1-2-4-12(10)18-15(11)14(9)16-13;/h1-8H,(H,16,17);/q;+3. The van der Waals surface area contributed by atoms with Gasteiger partial charge in [-0.05, 0) is 17.5 Å². The molecule has 0 atom stereocenters. The van der Waals surface area contributed by atoms with E-state index in [2.05, 4.69) is 29.2 Å². The van der Waals surface area contributed by atoms with Crippen molar-refractivity contribution in [2.24, 2.45) is 0 Å². The van der Waals surface area contributed by atoms with Crippen molar-refractivity contribution >= 4 is 42.4 Å². The van der Waals surface area contributed by atoms with Crippen LogP contribution in [0.3, 0.4) is 0 Å². The number of thiophene rings is 1. The Hall–Kier alpha value is -0.792. The van der Waals surface area contributed by atoms with Crippen molar-refractivity contribution in [3.05, 3.63) is 58.9 Å². The summed E-state index contributed by atoms with van der Waals surface area (Å²) in [6.45, 7) is 0. The van der Waals surface area contributed by atoms with E-state index >= 15 is 0 Å². The van der Waals surface area contributed by atoms with Gasteiger partial charge in [0.15, 0.2) is 0 Å². The molecule has 2 nitrogen and oxygen atoms in total. The Kier molecular flexibility index (Phi) is 3.44.